The second-order valence-electron chi connectivity index (χ2n) is 6.66. The van der Waals surface area contributed by atoms with Gasteiger partial charge in [0.1, 0.15) is 11.4 Å². The van der Waals surface area contributed by atoms with E-state index in [0.29, 0.717) is 13.1 Å². The Labute approximate surface area is 132 Å². The summed E-state index contributed by atoms with van der Waals surface area (Å²) in [5.74, 6) is 0.878. The first kappa shape index (κ1) is 16.6. The first-order valence-electron chi connectivity index (χ1n) is 7.66. The molecule has 0 aliphatic carbocycles. The van der Waals surface area contributed by atoms with Gasteiger partial charge >= 0.3 is 6.09 Å². The monoisotopic (exact) mass is 306 g/mol. The highest BCUT2D eigenvalue weighted by Gasteiger charge is 2.28. The Hall–Kier alpha value is -1.75. The lowest BCUT2D eigenvalue weighted by molar-refractivity contribution is 0.0195. The van der Waals surface area contributed by atoms with E-state index in [1.807, 2.05) is 39.8 Å². The fourth-order valence-corrected chi connectivity index (χ4v) is 2.58. The molecule has 1 aromatic carbocycles. The lowest BCUT2D eigenvalue weighted by Gasteiger charge is -2.35. The minimum Gasteiger partial charge on any atom is -0.496 e. The zero-order valence-corrected chi connectivity index (χ0v) is 14.1. The van der Waals surface area contributed by atoms with E-state index in [1.165, 1.54) is 0 Å². The summed E-state index contributed by atoms with van der Waals surface area (Å²) in [6.45, 7) is 9.72. The minimum absolute atomic E-state index is 0.117. The van der Waals surface area contributed by atoms with Crippen LogP contribution in [0.4, 0.5) is 4.79 Å². The zero-order valence-electron chi connectivity index (χ0n) is 14.1. The van der Waals surface area contributed by atoms with Crippen molar-refractivity contribution < 1.29 is 14.3 Å². The Bertz CT molecular complexity index is 537. The molecule has 5 nitrogen and oxygen atoms in total. The molecule has 1 aromatic rings. The molecule has 1 saturated heterocycles. The van der Waals surface area contributed by atoms with Gasteiger partial charge in [-0.2, -0.15) is 0 Å². The van der Waals surface area contributed by atoms with Gasteiger partial charge in [-0.15, -0.1) is 0 Å². The van der Waals surface area contributed by atoms with Gasteiger partial charge in [-0.1, -0.05) is 12.1 Å². The number of hydrogen-bond donors (Lipinski definition) is 1. The van der Waals surface area contributed by atoms with Crippen LogP contribution in [0.25, 0.3) is 0 Å². The summed E-state index contributed by atoms with van der Waals surface area (Å²) >= 11 is 0. The summed E-state index contributed by atoms with van der Waals surface area (Å²) < 4.78 is 10.8. The van der Waals surface area contributed by atoms with Gasteiger partial charge in [-0.3, -0.25) is 0 Å². The number of benzene rings is 1. The summed E-state index contributed by atoms with van der Waals surface area (Å²) in [6, 6.07) is 6.24. The molecular weight excluding hydrogens is 280 g/mol. The lowest BCUT2D eigenvalue weighted by atomic mass is 10.0. The van der Waals surface area contributed by atoms with Gasteiger partial charge in [0, 0.05) is 19.6 Å². The molecule has 1 atom stereocenters. The van der Waals surface area contributed by atoms with Gasteiger partial charge in [-0.05, 0) is 44.9 Å². The Kier molecular flexibility index (Phi) is 4.96. The quantitative estimate of drug-likeness (QED) is 0.913. The average molecular weight is 306 g/mol. The summed E-state index contributed by atoms with van der Waals surface area (Å²) in [6.07, 6.45) is -0.246. The molecule has 122 valence electrons. The number of carbonyl (C=O) groups is 1. The zero-order chi connectivity index (χ0) is 16.3. The third-order valence-corrected chi connectivity index (χ3v) is 3.65. The molecule has 5 heteroatoms. The molecule has 1 aliphatic rings. The predicted octanol–water partition coefficient (Wildman–Crippen LogP) is 2.89. The summed E-state index contributed by atoms with van der Waals surface area (Å²) in [7, 11) is 1.67. The standard InChI is InChI=1S/C17H26N2O3/c1-12-10-13(6-7-15(12)21-5)14-11-19(9-8-18-14)16(20)22-17(2,3)4/h6-7,10,14,18H,8-9,11H2,1-5H3. The summed E-state index contributed by atoms with van der Waals surface area (Å²) in [5.41, 5.74) is 1.79. The van der Waals surface area contributed by atoms with E-state index < -0.39 is 5.60 Å². The lowest BCUT2D eigenvalue weighted by Crippen LogP contribution is -2.49. The minimum atomic E-state index is -0.464. The van der Waals surface area contributed by atoms with Crippen LogP contribution >= 0.6 is 0 Å². The smallest absolute Gasteiger partial charge is 0.410 e. The predicted molar refractivity (Wildman–Crippen MR) is 86.3 cm³/mol. The molecule has 1 unspecified atom stereocenters. The number of aryl methyl sites for hydroxylation is 1. The summed E-state index contributed by atoms with van der Waals surface area (Å²) in [4.78, 5) is 14.0. The highest BCUT2D eigenvalue weighted by molar-refractivity contribution is 5.68. The normalized spacial score (nSPS) is 19.0. The molecule has 0 spiro atoms. The van der Waals surface area contributed by atoms with Gasteiger partial charge < -0.3 is 19.7 Å². The topological polar surface area (TPSA) is 50.8 Å². The Morgan fingerprint density at radius 2 is 2.09 bits per heavy atom. The molecule has 0 bridgehead atoms. The molecular formula is C17H26N2O3. The van der Waals surface area contributed by atoms with E-state index in [0.717, 1.165) is 23.4 Å². The van der Waals surface area contributed by atoms with Crippen LogP contribution in [-0.4, -0.2) is 43.3 Å². The highest BCUT2D eigenvalue weighted by atomic mass is 16.6. The van der Waals surface area contributed by atoms with Crippen molar-refractivity contribution in [2.45, 2.75) is 39.3 Å². The van der Waals surface area contributed by atoms with Gasteiger partial charge in [0.25, 0.3) is 0 Å². The molecule has 0 radical (unpaired) electrons. The van der Waals surface area contributed by atoms with Crippen LogP contribution in [0.1, 0.15) is 37.9 Å². The molecule has 1 N–H and O–H groups in total. The largest absolute Gasteiger partial charge is 0.496 e. The molecule has 0 saturated carbocycles. The van der Waals surface area contributed by atoms with Crippen molar-refractivity contribution >= 4 is 6.09 Å². The average Bonchev–Trinajstić information content (AvgIpc) is 2.45. The van der Waals surface area contributed by atoms with Crippen LogP contribution in [0.3, 0.4) is 0 Å². The van der Waals surface area contributed by atoms with Gasteiger partial charge in [-0.25, -0.2) is 4.79 Å². The van der Waals surface area contributed by atoms with Crippen molar-refractivity contribution in [1.29, 1.82) is 0 Å². The summed E-state index contributed by atoms with van der Waals surface area (Å²) in [5, 5.41) is 3.46. The number of hydrogen-bond acceptors (Lipinski definition) is 4. The third-order valence-electron chi connectivity index (χ3n) is 3.65. The number of carbonyl (C=O) groups excluding carboxylic acids is 1. The molecule has 2 rings (SSSR count). The SMILES string of the molecule is COc1ccc(C2CN(C(=O)OC(C)(C)C)CCN2)cc1C. The molecule has 1 heterocycles. The fraction of sp³-hybridized carbons (Fsp3) is 0.588. The Morgan fingerprint density at radius 3 is 2.68 bits per heavy atom. The first-order valence-corrected chi connectivity index (χ1v) is 7.66. The van der Waals surface area contributed by atoms with E-state index in [9.17, 15) is 4.79 Å². The van der Waals surface area contributed by atoms with E-state index in [-0.39, 0.29) is 12.1 Å². The van der Waals surface area contributed by atoms with Crippen molar-refractivity contribution in [3.05, 3.63) is 29.3 Å². The molecule has 1 amide bonds. The molecule has 0 aromatic heterocycles. The Morgan fingerprint density at radius 1 is 1.36 bits per heavy atom. The van der Waals surface area contributed by atoms with Gasteiger partial charge in [0.05, 0.1) is 13.2 Å². The van der Waals surface area contributed by atoms with E-state index in [4.69, 9.17) is 9.47 Å². The maximum absolute atomic E-state index is 12.2. The second-order valence-corrected chi connectivity index (χ2v) is 6.66. The van der Waals surface area contributed by atoms with Crippen molar-refractivity contribution in [3.8, 4) is 5.75 Å². The maximum Gasteiger partial charge on any atom is 0.410 e. The number of nitrogens with zero attached hydrogens (tertiary/aromatic N) is 1. The number of rotatable bonds is 2. The van der Waals surface area contributed by atoms with E-state index in [1.54, 1.807) is 12.0 Å². The molecule has 22 heavy (non-hydrogen) atoms. The van der Waals surface area contributed by atoms with Crippen molar-refractivity contribution in [2.24, 2.45) is 0 Å². The number of nitrogens with one attached hydrogen (secondary N) is 1. The third kappa shape index (κ3) is 4.13. The number of methoxy groups -OCH3 is 1. The second kappa shape index (κ2) is 6.57. The first-order chi connectivity index (χ1) is 10.3. The van der Waals surface area contributed by atoms with Crippen LogP contribution in [0.5, 0.6) is 5.75 Å². The number of amides is 1. The molecule has 1 fully saturated rings. The van der Waals surface area contributed by atoms with Crippen LogP contribution < -0.4 is 10.1 Å². The molecule has 1 aliphatic heterocycles. The van der Waals surface area contributed by atoms with Crippen molar-refractivity contribution in [2.75, 3.05) is 26.7 Å². The number of piperazine rings is 1. The van der Waals surface area contributed by atoms with E-state index >= 15 is 0 Å². The van der Waals surface area contributed by atoms with Crippen LogP contribution in [0, 0.1) is 6.92 Å². The van der Waals surface area contributed by atoms with Crippen LogP contribution in [0.2, 0.25) is 0 Å². The van der Waals surface area contributed by atoms with Crippen molar-refractivity contribution in [1.82, 2.24) is 10.2 Å². The number of ether oxygens (including phenoxy) is 2. The van der Waals surface area contributed by atoms with Crippen molar-refractivity contribution in [3.63, 3.8) is 0 Å². The van der Waals surface area contributed by atoms with Crippen LogP contribution in [-0.2, 0) is 4.74 Å². The van der Waals surface area contributed by atoms with Crippen LogP contribution in [0.15, 0.2) is 18.2 Å². The van der Waals surface area contributed by atoms with Gasteiger partial charge in [0.2, 0.25) is 0 Å². The maximum atomic E-state index is 12.2. The Balaban J connectivity index is 2.07. The van der Waals surface area contributed by atoms with E-state index in [2.05, 4.69) is 11.4 Å². The highest BCUT2D eigenvalue weighted by Crippen LogP contribution is 2.25. The fourth-order valence-electron chi connectivity index (χ4n) is 2.58. The van der Waals surface area contributed by atoms with Gasteiger partial charge in [0.15, 0.2) is 0 Å².